The van der Waals surface area contributed by atoms with E-state index in [-0.39, 0.29) is 18.1 Å². The van der Waals surface area contributed by atoms with Crippen molar-refractivity contribution in [1.82, 2.24) is 14.5 Å². The van der Waals surface area contributed by atoms with Crippen molar-refractivity contribution in [3.63, 3.8) is 0 Å². The molecule has 0 fully saturated rings. The zero-order chi connectivity index (χ0) is 14.1. The third-order valence-electron chi connectivity index (χ3n) is 3.37. The highest BCUT2D eigenvalue weighted by molar-refractivity contribution is 7.03. The van der Waals surface area contributed by atoms with E-state index in [1.165, 1.54) is 10.3 Å². The van der Waals surface area contributed by atoms with E-state index >= 15 is 0 Å². The van der Waals surface area contributed by atoms with Crippen molar-refractivity contribution < 1.29 is 14.7 Å². The second kappa shape index (κ2) is 5.01. The number of fused-ring (bicyclic) bond motifs is 1. The molecular formula is C13H11N3O3S. The summed E-state index contributed by atoms with van der Waals surface area (Å²) in [6.45, 7) is 0.281. The number of hydrogen-bond acceptors (Lipinski definition) is 5. The van der Waals surface area contributed by atoms with Gasteiger partial charge in [-0.3, -0.25) is 4.79 Å². The number of benzene rings is 1. The number of aromatic nitrogens is 2. The molecule has 0 saturated carbocycles. The van der Waals surface area contributed by atoms with Crippen LogP contribution in [0.3, 0.4) is 0 Å². The minimum absolute atomic E-state index is 0.195. The fourth-order valence-corrected chi connectivity index (χ4v) is 2.79. The van der Waals surface area contributed by atoms with E-state index in [4.69, 9.17) is 0 Å². The van der Waals surface area contributed by atoms with Crippen molar-refractivity contribution in [3.8, 4) is 0 Å². The Hall–Kier alpha value is -2.28. The number of carbonyl (C=O) groups excluding carboxylic acids is 1. The molecule has 2 heterocycles. The lowest BCUT2D eigenvalue weighted by atomic mass is 9.94. The molecule has 1 N–H and O–H groups in total. The monoisotopic (exact) mass is 289 g/mol. The Morgan fingerprint density at radius 3 is 2.70 bits per heavy atom. The van der Waals surface area contributed by atoms with Gasteiger partial charge in [-0.2, -0.15) is 0 Å². The number of amides is 1. The summed E-state index contributed by atoms with van der Waals surface area (Å²) in [6.07, 6.45) is 0.314. The molecule has 0 unspecified atom stereocenters. The first-order chi connectivity index (χ1) is 9.66. The first-order valence-electron chi connectivity index (χ1n) is 6.04. The maximum absolute atomic E-state index is 12.4. The zero-order valence-corrected chi connectivity index (χ0v) is 11.2. The highest BCUT2D eigenvalue weighted by atomic mass is 32.1. The van der Waals surface area contributed by atoms with Gasteiger partial charge in [0, 0.05) is 18.3 Å². The van der Waals surface area contributed by atoms with Gasteiger partial charge in [-0.15, -0.1) is 5.10 Å². The van der Waals surface area contributed by atoms with E-state index < -0.39 is 12.0 Å². The lowest BCUT2D eigenvalue weighted by Gasteiger charge is -2.33. The van der Waals surface area contributed by atoms with E-state index in [0.717, 1.165) is 22.7 Å². The molecule has 1 aromatic heterocycles. The van der Waals surface area contributed by atoms with Gasteiger partial charge < -0.3 is 10.0 Å². The largest absolute Gasteiger partial charge is 0.480 e. The van der Waals surface area contributed by atoms with Crippen LogP contribution >= 0.6 is 11.5 Å². The van der Waals surface area contributed by atoms with Gasteiger partial charge in [0.1, 0.15) is 6.04 Å². The Balaban J connectivity index is 1.96. The van der Waals surface area contributed by atoms with Crippen molar-refractivity contribution >= 4 is 23.4 Å². The summed E-state index contributed by atoms with van der Waals surface area (Å²) in [5.74, 6) is -1.39. The Morgan fingerprint density at radius 1 is 1.30 bits per heavy atom. The normalized spacial score (nSPS) is 17.6. The number of rotatable bonds is 2. The van der Waals surface area contributed by atoms with Gasteiger partial charge in [-0.1, -0.05) is 28.8 Å². The summed E-state index contributed by atoms with van der Waals surface area (Å²) < 4.78 is 3.65. The van der Waals surface area contributed by atoms with Gasteiger partial charge in [0.15, 0.2) is 5.69 Å². The predicted molar refractivity (Wildman–Crippen MR) is 71.4 cm³/mol. The molecule has 1 aliphatic rings. The van der Waals surface area contributed by atoms with Crippen molar-refractivity contribution in [2.24, 2.45) is 0 Å². The van der Waals surface area contributed by atoms with E-state index in [9.17, 15) is 14.7 Å². The number of nitrogens with zero attached hydrogens (tertiary/aromatic N) is 3. The Kier molecular flexibility index (Phi) is 3.19. The highest BCUT2D eigenvalue weighted by Gasteiger charge is 2.35. The second-order valence-electron chi connectivity index (χ2n) is 4.55. The average Bonchev–Trinajstić information content (AvgIpc) is 2.99. The molecule has 0 aliphatic carbocycles. The Labute approximate surface area is 118 Å². The number of hydrogen-bond donors (Lipinski definition) is 1. The van der Waals surface area contributed by atoms with Gasteiger partial charge >= 0.3 is 5.97 Å². The van der Waals surface area contributed by atoms with Crippen molar-refractivity contribution in [1.29, 1.82) is 0 Å². The molecule has 1 aromatic carbocycles. The van der Waals surface area contributed by atoms with Crippen LogP contribution in [-0.2, 0) is 17.8 Å². The van der Waals surface area contributed by atoms with Crippen LogP contribution in [0.5, 0.6) is 0 Å². The average molecular weight is 289 g/mol. The molecule has 1 amide bonds. The topological polar surface area (TPSA) is 83.4 Å². The molecule has 1 atom stereocenters. The first-order valence-corrected chi connectivity index (χ1v) is 6.88. The summed E-state index contributed by atoms with van der Waals surface area (Å²) in [5, 5.41) is 14.6. The lowest BCUT2D eigenvalue weighted by Crippen LogP contribution is -2.48. The van der Waals surface area contributed by atoms with Crippen LogP contribution in [0.1, 0.15) is 21.6 Å². The highest BCUT2D eigenvalue weighted by Crippen LogP contribution is 2.24. The molecule has 0 saturated heterocycles. The number of carboxylic acid groups (broad SMARTS) is 1. The van der Waals surface area contributed by atoms with Crippen LogP contribution in [0.25, 0.3) is 0 Å². The molecule has 7 heteroatoms. The summed E-state index contributed by atoms with van der Waals surface area (Å²) in [7, 11) is 0. The van der Waals surface area contributed by atoms with Crippen LogP contribution in [0, 0.1) is 0 Å². The SMILES string of the molecule is O=C(O)[C@H]1Cc2ccccc2CN1C(=O)c1csnn1. The standard InChI is InChI=1S/C13H11N3O3S/c17-12(10-7-20-15-14-10)16-6-9-4-2-1-3-8(9)5-11(16)13(18)19/h1-4,7,11H,5-6H2,(H,18,19)/t11-/m1/s1. The van der Waals surface area contributed by atoms with E-state index in [1.54, 1.807) is 0 Å². The van der Waals surface area contributed by atoms with E-state index in [2.05, 4.69) is 9.59 Å². The number of carbonyl (C=O) groups is 2. The maximum Gasteiger partial charge on any atom is 0.326 e. The van der Waals surface area contributed by atoms with E-state index in [1.807, 2.05) is 24.3 Å². The first kappa shape index (κ1) is 12.7. The van der Waals surface area contributed by atoms with Crippen LogP contribution in [0.4, 0.5) is 0 Å². The van der Waals surface area contributed by atoms with Crippen LogP contribution in [-0.4, -0.2) is 37.5 Å². The summed E-state index contributed by atoms with van der Waals surface area (Å²) in [4.78, 5) is 25.1. The van der Waals surface area contributed by atoms with E-state index in [0.29, 0.717) is 6.42 Å². The number of carboxylic acids is 1. The molecule has 0 radical (unpaired) electrons. The molecule has 6 nitrogen and oxygen atoms in total. The van der Waals surface area contributed by atoms with Gasteiger partial charge in [0.25, 0.3) is 5.91 Å². The molecular weight excluding hydrogens is 278 g/mol. The minimum atomic E-state index is -1.00. The van der Waals surface area contributed by atoms with Gasteiger partial charge in [-0.25, -0.2) is 4.79 Å². The lowest BCUT2D eigenvalue weighted by molar-refractivity contribution is -0.142. The molecule has 1 aliphatic heterocycles. The fraction of sp³-hybridized carbons (Fsp3) is 0.231. The third-order valence-corrected chi connectivity index (χ3v) is 3.88. The Morgan fingerprint density at radius 2 is 2.05 bits per heavy atom. The minimum Gasteiger partial charge on any atom is -0.480 e. The van der Waals surface area contributed by atoms with Crippen LogP contribution < -0.4 is 0 Å². The molecule has 2 aromatic rings. The van der Waals surface area contributed by atoms with Gasteiger partial charge in [0.05, 0.1) is 0 Å². The maximum atomic E-state index is 12.4. The third kappa shape index (κ3) is 2.16. The van der Waals surface area contributed by atoms with Crippen LogP contribution in [0.2, 0.25) is 0 Å². The summed E-state index contributed by atoms with van der Waals surface area (Å²) in [5.41, 5.74) is 2.14. The Bertz CT molecular complexity index is 657. The van der Waals surface area contributed by atoms with Gasteiger partial charge in [0.2, 0.25) is 0 Å². The number of aliphatic carboxylic acids is 1. The molecule has 102 valence electrons. The summed E-state index contributed by atoms with van der Waals surface area (Å²) >= 11 is 1.07. The second-order valence-corrected chi connectivity index (χ2v) is 5.16. The zero-order valence-electron chi connectivity index (χ0n) is 10.4. The van der Waals surface area contributed by atoms with Crippen molar-refractivity contribution in [2.75, 3.05) is 0 Å². The molecule has 0 bridgehead atoms. The smallest absolute Gasteiger partial charge is 0.326 e. The quantitative estimate of drug-likeness (QED) is 0.898. The molecule has 0 spiro atoms. The van der Waals surface area contributed by atoms with Gasteiger partial charge in [-0.05, 0) is 22.7 Å². The fourth-order valence-electron chi connectivity index (χ4n) is 2.36. The van der Waals surface area contributed by atoms with Crippen molar-refractivity contribution in [3.05, 3.63) is 46.5 Å². The predicted octanol–water partition coefficient (Wildman–Crippen LogP) is 1.19. The van der Waals surface area contributed by atoms with Crippen LogP contribution in [0.15, 0.2) is 29.6 Å². The van der Waals surface area contributed by atoms with Crippen molar-refractivity contribution in [2.45, 2.75) is 19.0 Å². The molecule has 3 rings (SSSR count). The summed E-state index contributed by atoms with van der Waals surface area (Å²) in [6, 6.07) is 6.70. The molecule has 20 heavy (non-hydrogen) atoms.